The van der Waals surface area contributed by atoms with E-state index in [2.05, 4.69) is 40.2 Å². The van der Waals surface area contributed by atoms with Gasteiger partial charge in [-0.25, -0.2) is 27.9 Å². The number of ether oxygens (including phenoxy) is 1. The lowest BCUT2D eigenvalue weighted by Crippen LogP contribution is -2.47. The van der Waals surface area contributed by atoms with Gasteiger partial charge >= 0.3 is 5.97 Å². The van der Waals surface area contributed by atoms with E-state index in [1.807, 2.05) is 6.92 Å². The molecule has 1 aromatic carbocycles. The molecule has 14 heteroatoms. The summed E-state index contributed by atoms with van der Waals surface area (Å²) in [6, 6.07) is 3.56. The van der Waals surface area contributed by atoms with Crippen molar-refractivity contribution in [3.63, 3.8) is 0 Å². The van der Waals surface area contributed by atoms with E-state index in [1.165, 1.54) is 25.2 Å². The van der Waals surface area contributed by atoms with Crippen molar-refractivity contribution in [2.45, 2.75) is 25.4 Å². The van der Waals surface area contributed by atoms with Crippen molar-refractivity contribution in [2.75, 3.05) is 87.4 Å². The number of carbonyl (C=O) groups is 1. The molecule has 0 atom stereocenters. The van der Waals surface area contributed by atoms with Gasteiger partial charge in [-0.15, -0.1) is 0 Å². The number of H-pyrrole nitrogens is 1. The first-order chi connectivity index (χ1) is 20.8. The normalized spacial score (nSPS) is 16.5. The maximum Gasteiger partial charge on any atom is 0.328 e. The average molecular weight is 603 g/mol. The SMILES string of the molecule is Cc1c(NCCN2CCCC2)cc(OCC(F)(CF)CF)cc1N1CCN(c2ncnc3n[nH]c(/C=C/C(=O)O)c23)CC1. The third-order valence-corrected chi connectivity index (χ3v) is 7.94. The molecule has 3 aromatic rings. The second-order valence-corrected chi connectivity index (χ2v) is 11.0. The van der Waals surface area contributed by atoms with Crippen molar-refractivity contribution in [1.82, 2.24) is 25.1 Å². The van der Waals surface area contributed by atoms with E-state index in [9.17, 15) is 18.0 Å². The Morgan fingerprint density at radius 3 is 2.53 bits per heavy atom. The lowest BCUT2D eigenvalue weighted by Gasteiger charge is -2.38. The fraction of sp³-hybridized carbons (Fsp3) is 0.517. The van der Waals surface area contributed by atoms with E-state index < -0.39 is 31.6 Å². The largest absolute Gasteiger partial charge is 0.490 e. The Hall–Kier alpha value is -4.07. The van der Waals surface area contributed by atoms with E-state index in [4.69, 9.17) is 9.84 Å². The summed E-state index contributed by atoms with van der Waals surface area (Å²) in [4.78, 5) is 26.4. The topological polar surface area (TPSA) is 123 Å². The van der Waals surface area contributed by atoms with E-state index >= 15 is 0 Å². The van der Waals surface area contributed by atoms with Crippen LogP contribution in [0.3, 0.4) is 0 Å². The highest BCUT2D eigenvalue weighted by Crippen LogP contribution is 2.35. The Morgan fingerprint density at radius 1 is 1.12 bits per heavy atom. The number of carboxylic acids is 1. The van der Waals surface area contributed by atoms with Gasteiger partial charge in [-0.3, -0.25) is 5.10 Å². The zero-order valence-electron chi connectivity index (χ0n) is 24.2. The number of benzene rings is 1. The number of hydrogen-bond acceptors (Lipinski definition) is 9. The molecule has 3 N–H and O–H groups in total. The summed E-state index contributed by atoms with van der Waals surface area (Å²) in [5.41, 5.74) is 0.954. The molecule has 2 fully saturated rings. The van der Waals surface area contributed by atoms with Crippen LogP contribution in [0.1, 0.15) is 24.1 Å². The molecule has 0 unspecified atom stereocenters. The van der Waals surface area contributed by atoms with Gasteiger partial charge in [0.25, 0.3) is 0 Å². The number of nitrogens with zero attached hydrogens (tertiary/aromatic N) is 6. The third-order valence-electron chi connectivity index (χ3n) is 7.94. The Labute approximate surface area is 247 Å². The molecule has 11 nitrogen and oxygen atoms in total. The lowest BCUT2D eigenvalue weighted by atomic mass is 10.1. The van der Waals surface area contributed by atoms with Crippen LogP contribution in [0.4, 0.5) is 30.4 Å². The maximum atomic E-state index is 14.4. The van der Waals surface area contributed by atoms with Gasteiger partial charge in [-0.1, -0.05) is 0 Å². The number of aromatic amines is 1. The number of fused-ring (bicyclic) bond motifs is 1. The van der Waals surface area contributed by atoms with Crippen LogP contribution in [0.2, 0.25) is 0 Å². The van der Waals surface area contributed by atoms with Crippen molar-refractivity contribution in [1.29, 1.82) is 0 Å². The molecule has 2 aliphatic heterocycles. The van der Waals surface area contributed by atoms with Crippen LogP contribution < -0.4 is 19.9 Å². The maximum absolute atomic E-state index is 14.4. The molecule has 0 amide bonds. The molecule has 5 rings (SSSR count). The van der Waals surface area contributed by atoms with Gasteiger partial charge in [-0.05, 0) is 44.5 Å². The van der Waals surface area contributed by atoms with Crippen LogP contribution in [0.15, 0.2) is 24.5 Å². The van der Waals surface area contributed by atoms with Crippen LogP contribution >= 0.6 is 0 Å². The Bertz CT molecular complexity index is 1430. The molecule has 0 radical (unpaired) electrons. The summed E-state index contributed by atoms with van der Waals surface area (Å²) < 4.78 is 46.3. The highest BCUT2D eigenvalue weighted by Gasteiger charge is 2.32. The summed E-state index contributed by atoms with van der Waals surface area (Å²) in [6.07, 6.45) is 6.30. The fourth-order valence-electron chi connectivity index (χ4n) is 5.49. The van der Waals surface area contributed by atoms with Crippen LogP contribution in [0.25, 0.3) is 17.1 Å². The second kappa shape index (κ2) is 13.5. The number of likely N-dealkylation sites (tertiary alicyclic amines) is 1. The molecule has 2 aliphatic rings. The number of aromatic nitrogens is 4. The fourth-order valence-corrected chi connectivity index (χ4v) is 5.49. The second-order valence-electron chi connectivity index (χ2n) is 11.0. The van der Waals surface area contributed by atoms with Crippen molar-refractivity contribution >= 4 is 40.3 Å². The average Bonchev–Trinajstić information content (AvgIpc) is 3.70. The number of nitrogens with one attached hydrogen (secondary N) is 2. The van der Waals surface area contributed by atoms with Crippen molar-refractivity contribution < 1.29 is 27.8 Å². The predicted octanol–water partition coefficient (Wildman–Crippen LogP) is 3.62. The summed E-state index contributed by atoms with van der Waals surface area (Å²) in [7, 11) is 0. The molecule has 0 saturated carbocycles. The van der Waals surface area contributed by atoms with Gasteiger partial charge < -0.3 is 29.9 Å². The number of anilines is 3. The minimum atomic E-state index is -2.69. The summed E-state index contributed by atoms with van der Waals surface area (Å²) in [5, 5.41) is 20.2. The zero-order valence-corrected chi connectivity index (χ0v) is 24.2. The van der Waals surface area contributed by atoms with Crippen LogP contribution in [-0.4, -0.2) is 114 Å². The van der Waals surface area contributed by atoms with Crippen molar-refractivity contribution in [3.05, 3.63) is 35.8 Å². The smallest absolute Gasteiger partial charge is 0.328 e. The highest BCUT2D eigenvalue weighted by molar-refractivity contribution is 5.96. The molecule has 2 aromatic heterocycles. The number of alkyl halides is 3. The van der Waals surface area contributed by atoms with Crippen molar-refractivity contribution in [2.24, 2.45) is 0 Å². The number of carboxylic acid groups (broad SMARTS) is 1. The zero-order chi connectivity index (χ0) is 30.4. The number of rotatable bonds is 13. The highest BCUT2D eigenvalue weighted by atomic mass is 19.2. The molecule has 0 bridgehead atoms. The van der Waals surface area contributed by atoms with Gasteiger partial charge in [0.2, 0.25) is 5.67 Å². The summed E-state index contributed by atoms with van der Waals surface area (Å²) in [5.74, 6) is -0.0903. The standard InChI is InChI=1S/C29H37F3N8O3/c1-20-23(33-6-9-38-7-2-3-8-38)14-21(43-18-29(32,16-30)17-31)15-24(20)39-10-12-40(13-11-39)28-26-22(4-5-25(41)42)36-37-27(26)34-19-35-28/h4-5,14-15,19,33H,2-3,6-13,16-18H2,1H3,(H,41,42)(H,34,35,36,37)/b5-4+. The Balaban J connectivity index is 1.35. The van der Waals surface area contributed by atoms with E-state index in [0.29, 0.717) is 61.0 Å². The van der Waals surface area contributed by atoms with Gasteiger partial charge in [0.05, 0.1) is 11.1 Å². The Kier molecular flexibility index (Phi) is 9.53. The predicted molar refractivity (Wildman–Crippen MR) is 159 cm³/mol. The van der Waals surface area contributed by atoms with E-state index in [-0.39, 0.29) is 0 Å². The van der Waals surface area contributed by atoms with Crippen molar-refractivity contribution in [3.8, 4) is 5.75 Å². The Morgan fingerprint density at radius 2 is 1.84 bits per heavy atom. The first-order valence-electron chi connectivity index (χ1n) is 14.4. The molecule has 0 aliphatic carbocycles. The molecular formula is C29H37F3N8O3. The van der Waals surface area contributed by atoms with Crippen LogP contribution in [0.5, 0.6) is 5.75 Å². The first kappa shape index (κ1) is 30.4. The molecule has 232 valence electrons. The minimum absolute atomic E-state index is 0.335. The number of hydrogen-bond donors (Lipinski definition) is 3. The minimum Gasteiger partial charge on any atom is -0.490 e. The van der Waals surface area contributed by atoms with Gasteiger partial charge in [-0.2, -0.15) is 5.10 Å². The molecular weight excluding hydrogens is 565 g/mol. The van der Waals surface area contributed by atoms with E-state index in [0.717, 1.165) is 42.6 Å². The molecule has 43 heavy (non-hydrogen) atoms. The summed E-state index contributed by atoms with van der Waals surface area (Å²) in [6.45, 7) is 4.54. The quantitative estimate of drug-likeness (QED) is 0.250. The number of halogens is 3. The first-order valence-corrected chi connectivity index (χ1v) is 14.4. The molecule has 4 heterocycles. The number of piperazine rings is 1. The van der Waals surface area contributed by atoms with Gasteiger partial charge in [0, 0.05) is 68.9 Å². The molecule has 0 spiro atoms. The molecule has 2 saturated heterocycles. The third kappa shape index (κ3) is 7.12. The summed E-state index contributed by atoms with van der Waals surface area (Å²) >= 11 is 0. The van der Waals surface area contributed by atoms with E-state index in [1.54, 1.807) is 12.1 Å². The lowest BCUT2D eigenvalue weighted by molar-refractivity contribution is -0.131. The van der Waals surface area contributed by atoms with Gasteiger partial charge in [0.15, 0.2) is 5.65 Å². The van der Waals surface area contributed by atoms with Crippen LogP contribution in [0, 0.1) is 6.92 Å². The van der Waals surface area contributed by atoms with Crippen LogP contribution in [-0.2, 0) is 4.79 Å². The number of aliphatic carboxylic acids is 1. The monoisotopic (exact) mass is 602 g/mol. The van der Waals surface area contributed by atoms with Gasteiger partial charge in [0.1, 0.15) is 37.9 Å².